The molecule has 2 nitrogen and oxygen atoms in total. The van der Waals surface area contributed by atoms with Crippen molar-refractivity contribution in [3.8, 4) is 0 Å². The van der Waals surface area contributed by atoms with Crippen LogP contribution in [0.1, 0.15) is 65.7 Å². The molecule has 1 rings (SSSR count). The van der Waals surface area contributed by atoms with Crippen LogP contribution >= 0.6 is 0 Å². The van der Waals surface area contributed by atoms with Crippen LogP contribution in [-0.4, -0.2) is 19.0 Å². The molecule has 17 heavy (non-hydrogen) atoms. The predicted molar refractivity (Wildman–Crippen MR) is 71.1 cm³/mol. The van der Waals surface area contributed by atoms with Gasteiger partial charge in [0, 0.05) is 13.0 Å². The summed E-state index contributed by atoms with van der Waals surface area (Å²) in [7, 11) is 0. The predicted octanol–water partition coefficient (Wildman–Crippen LogP) is 3.98. The first-order valence-electron chi connectivity index (χ1n) is 7.09. The molecule has 1 saturated carbocycles. The molecule has 0 saturated heterocycles. The Labute approximate surface area is 106 Å². The molecule has 1 aliphatic carbocycles. The Kier molecular flexibility index (Phi) is 6.18. The fraction of sp³-hybridized carbons (Fsp3) is 0.933. The first kappa shape index (κ1) is 14.7. The van der Waals surface area contributed by atoms with Crippen molar-refractivity contribution in [2.24, 2.45) is 11.3 Å². The molecule has 0 heterocycles. The van der Waals surface area contributed by atoms with E-state index in [0.29, 0.717) is 17.9 Å². The summed E-state index contributed by atoms with van der Waals surface area (Å²) in [6.45, 7) is 7.90. The minimum Gasteiger partial charge on any atom is -0.378 e. The lowest BCUT2D eigenvalue weighted by Gasteiger charge is -2.38. The molecular formula is C15H28O2. The maximum Gasteiger partial charge on any atom is 0.119 e. The summed E-state index contributed by atoms with van der Waals surface area (Å²) >= 11 is 0. The standard InChI is InChI=1S/C15H28O2/c1-13-10-14(12-15(2,3)11-13)17-9-7-5-4-6-8-16/h8,13-14H,4-7,9-12H2,1-3H3. The van der Waals surface area contributed by atoms with E-state index < -0.39 is 0 Å². The number of rotatable bonds is 7. The molecule has 0 radical (unpaired) electrons. The van der Waals surface area contributed by atoms with E-state index >= 15 is 0 Å². The van der Waals surface area contributed by atoms with E-state index in [-0.39, 0.29) is 0 Å². The van der Waals surface area contributed by atoms with Gasteiger partial charge in [-0.2, -0.15) is 0 Å². The summed E-state index contributed by atoms with van der Waals surface area (Å²) < 4.78 is 5.98. The van der Waals surface area contributed by atoms with Gasteiger partial charge in [0.25, 0.3) is 0 Å². The van der Waals surface area contributed by atoms with Crippen molar-refractivity contribution in [1.82, 2.24) is 0 Å². The molecule has 0 aromatic carbocycles. The lowest BCUT2D eigenvalue weighted by molar-refractivity contribution is -0.108. The van der Waals surface area contributed by atoms with Crippen molar-refractivity contribution in [2.45, 2.75) is 71.8 Å². The Bertz CT molecular complexity index is 223. The highest BCUT2D eigenvalue weighted by Crippen LogP contribution is 2.39. The Morgan fingerprint density at radius 3 is 2.65 bits per heavy atom. The molecule has 0 spiro atoms. The number of carbonyl (C=O) groups is 1. The van der Waals surface area contributed by atoms with Gasteiger partial charge in [-0.3, -0.25) is 0 Å². The van der Waals surface area contributed by atoms with Gasteiger partial charge in [-0.1, -0.05) is 27.2 Å². The molecule has 100 valence electrons. The minimum atomic E-state index is 0.444. The molecule has 0 N–H and O–H groups in total. The number of carbonyl (C=O) groups excluding carboxylic acids is 1. The maximum atomic E-state index is 10.2. The topological polar surface area (TPSA) is 26.3 Å². The van der Waals surface area contributed by atoms with Crippen molar-refractivity contribution in [2.75, 3.05) is 6.61 Å². The average molecular weight is 240 g/mol. The van der Waals surface area contributed by atoms with Gasteiger partial charge in [-0.05, 0) is 43.4 Å². The zero-order chi connectivity index (χ0) is 12.7. The van der Waals surface area contributed by atoms with E-state index in [2.05, 4.69) is 20.8 Å². The van der Waals surface area contributed by atoms with Gasteiger partial charge in [0.05, 0.1) is 6.10 Å². The second-order valence-electron chi connectivity index (χ2n) is 6.42. The van der Waals surface area contributed by atoms with Crippen LogP contribution < -0.4 is 0 Å². The third-order valence-corrected chi connectivity index (χ3v) is 3.67. The van der Waals surface area contributed by atoms with Gasteiger partial charge in [-0.25, -0.2) is 0 Å². The molecule has 1 fully saturated rings. The summed E-state index contributed by atoms with van der Waals surface area (Å²) in [6.07, 6.45) is 9.14. The smallest absolute Gasteiger partial charge is 0.119 e. The number of aldehydes is 1. The highest BCUT2D eigenvalue weighted by Gasteiger charge is 2.32. The van der Waals surface area contributed by atoms with E-state index in [4.69, 9.17) is 4.74 Å². The number of hydrogen-bond donors (Lipinski definition) is 0. The van der Waals surface area contributed by atoms with Gasteiger partial charge < -0.3 is 9.53 Å². The molecule has 2 unspecified atom stereocenters. The van der Waals surface area contributed by atoms with Crippen LogP contribution in [-0.2, 0) is 9.53 Å². The van der Waals surface area contributed by atoms with Crippen molar-refractivity contribution >= 4 is 6.29 Å². The Hall–Kier alpha value is -0.370. The minimum absolute atomic E-state index is 0.444. The fourth-order valence-corrected chi connectivity index (χ4v) is 3.14. The molecule has 0 bridgehead atoms. The zero-order valence-corrected chi connectivity index (χ0v) is 11.7. The van der Waals surface area contributed by atoms with Crippen LogP contribution in [0.25, 0.3) is 0 Å². The van der Waals surface area contributed by atoms with Crippen molar-refractivity contribution in [1.29, 1.82) is 0 Å². The maximum absolute atomic E-state index is 10.2. The summed E-state index contributed by atoms with van der Waals surface area (Å²) in [5.74, 6) is 0.791. The van der Waals surface area contributed by atoms with Crippen molar-refractivity contribution < 1.29 is 9.53 Å². The summed E-state index contributed by atoms with van der Waals surface area (Å²) in [5.41, 5.74) is 0.444. The van der Waals surface area contributed by atoms with Crippen LogP contribution in [0.3, 0.4) is 0 Å². The number of unbranched alkanes of at least 4 members (excludes halogenated alkanes) is 3. The number of ether oxygens (including phenoxy) is 1. The Morgan fingerprint density at radius 1 is 1.24 bits per heavy atom. The monoisotopic (exact) mass is 240 g/mol. The quantitative estimate of drug-likeness (QED) is 0.497. The van der Waals surface area contributed by atoms with Gasteiger partial charge in [-0.15, -0.1) is 0 Å². The summed E-state index contributed by atoms with van der Waals surface area (Å²) in [5, 5.41) is 0. The fourth-order valence-electron chi connectivity index (χ4n) is 3.14. The summed E-state index contributed by atoms with van der Waals surface area (Å²) in [6, 6.07) is 0. The molecule has 2 atom stereocenters. The molecule has 0 amide bonds. The van der Waals surface area contributed by atoms with E-state index in [0.717, 1.165) is 38.1 Å². The van der Waals surface area contributed by atoms with Gasteiger partial charge in [0.1, 0.15) is 6.29 Å². The van der Waals surface area contributed by atoms with Crippen LogP contribution in [0.5, 0.6) is 0 Å². The van der Waals surface area contributed by atoms with Gasteiger partial charge in [0.2, 0.25) is 0 Å². The molecule has 0 aromatic heterocycles. The van der Waals surface area contributed by atoms with E-state index in [1.807, 2.05) is 0 Å². The van der Waals surface area contributed by atoms with E-state index in [9.17, 15) is 4.79 Å². The molecule has 0 aromatic rings. The first-order chi connectivity index (χ1) is 8.03. The normalized spacial score (nSPS) is 27.9. The van der Waals surface area contributed by atoms with Gasteiger partial charge >= 0.3 is 0 Å². The van der Waals surface area contributed by atoms with Crippen LogP contribution in [0.4, 0.5) is 0 Å². The summed E-state index contributed by atoms with van der Waals surface area (Å²) in [4.78, 5) is 10.2. The second-order valence-corrected chi connectivity index (χ2v) is 6.42. The third kappa shape index (κ3) is 6.21. The molecular weight excluding hydrogens is 212 g/mol. The number of hydrogen-bond acceptors (Lipinski definition) is 2. The second kappa shape index (κ2) is 7.15. The Morgan fingerprint density at radius 2 is 2.00 bits per heavy atom. The SMILES string of the molecule is CC1CC(OCCCCCC=O)CC(C)(C)C1. The molecule has 0 aliphatic heterocycles. The average Bonchev–Trinajstić information content (AvgIpc) is 2.20. The lowest BCUT2D eigenvalue weighted by Crippen LogP contribution is -2.32. The zero-order valence-electron chi connectivity index (χ0n) is 11.7. The van der Waals surface area contributed by atoms with Crippen molar-refractivity contribution in [3.05, 3.63) is 0 Å². The molecule has 2 heteroatoms. The largest absolute Gasteiger partial charge is 0.378 e. The highest BCUT2D eigenvalue weighted by molar-refractivity contribution is 5.48. The third-order valence-electron chi connectivity index (χ3n) is 3.67. The Balaban J connectivity index is 2.12. The lowest BCUT2D eigenvalue weighted by atomic mass is 9.71. The van der Waals surface area contributed by atoms with Gasteiger partial charge in [0.15, 0.2) is 0 Å². The van der Waals surface area contributed by atoms with E-state index in [1.54, 1.807) is 0 Å². The molecule has 1 aliphatic rings. The van der Waals surface area contributed by atoms with Crippen molar-refractivity contribution in [3.63, 3.8) is 0 Å². The first-order valence-corrected chi connectivity index (χ1v) is 7.09. The van der Waals surface area contributed by atoms with E-state index in [1.165, 1.54) is 19.3 Å². The van der Waals surface area contributed by atoms with Crippen LogP contribution in [0.15, 0.2) is 0 Å². The highest BCUT2D eigenvalue weighted by atomic mass is 16.5. The van der Waals surface area contributed by atoms with Crippen LogP contribution in [0.2, 0.25) is 0 Å². The van der Waals surface area contributed by atoms with Crippen LogP contribution in [0, 0.1) is 11.3 Å².